The first-order chi connectivity index (χ1) is 12.0. The number of carbonyl (C=O) groups excluding carboxylic acids is 1. The summed E-state index contributed by atoms with van der Waals surface area (Å²) >= 11 is 0. The molecule has 1 aromatic rings. The van der Waals surface area contributed by atoms with Gasteiger partial charge in [0.2, 0.25) is 15.9 Å². The average Bonchev–Trinajstić information content (AvgIpc) is 3.03. The Morgan fingerprint density at radius 2 is 2.00 bits per heavy atom. The third kappa shape index (κ3) is 3.16. The number of ether oxygens (including phenoxy) is 1. The number of rotatable bonds is 3. The summed E-state index contributed by atoms with van der Waals surface area (Å²) < 4.78 is 32.8. The van der Waals surface area contributed by atoms with Crippen LogP contribution in [0.5, 0.6) is 5.75 Å². The highest BCUT2D eigenvalue weighted by Gasteiger charge is 2.41. The Hall–Kier alpha value is -2.13. The SMILES string of the molecule is CC(=O)N1CC(C)(C)Oc2ccc(S(=O)(=O)N3CCCC3C(=O)O)cc21. The summed E-state index contributed by atoms with van der Waals surface area (Å²) in [5.41, 5.74) is -0.216. The molecule has 1 saturated heterocycles. The smallest absolute Gasteiger partial charge is 0.322 e. The molecule has 3 rings (SSSR count). The summed E-state index contributed by atoms with van der Waals surface area (Å²) in [4.78, 5) is 24.8. The van der Waals surface area contributed by atoms with Crippen LogP contribution < -0.4 is 9.64 Å². The molecule has 1 unspecified atom stereocenters. The van der Waals surface area contributed by atoms with Gasteiger partial charge in [0.1, 0.15) is 17.4 Å². The molecule has 0 bridgehead atoms. The van der Waals surface area contributed by atoms with Crippen molar-refractivity contribution < 1.29 is 27.9 Å². The number of carbonyl (C=O) groups is 2. The number of sulfonamides is 1. The number of amides is 1. The largest absolute Gasteiger partial charge is 0.484 e. The lowest BCUT2D eigenvalue weighted by Gasteiger charge is -2.39. The molecule has 142 valence electrons. The molecule has 2 aliphatic heterocycles. The Labute approximate surface area is 152 Å². The van der Waals surface area contributed by atoms with E-state index < -0.39 is 27.6 Å². The molecule has 9 heteroatoms. The second kappa shape index (κ2) is 6.24. The lowest BCUT2D eigenvalue weighted by molar-refractivity contribution is -0.140. The Kier molecular flexibility index (Phi) is 4.48. The first-order valence-electron chi connectivity index (χ1n) is 8.39. The molecule has 0 aromatic heterocycles. The maximum absolute atomic E-state index is 13.0. The molecule has 2 heterocycles. The van der Waals surface area contributed by atoms with E-state index in [0.717, 1.165) is 4.31 Å². The number of carboxylic acid groups (broad SMARTS) is 1. The molecule has 1 atom stereocenters. The number of anilines is 1. The second-order valence-corrected chi connectivity index (χ2v) is 9.10. The van der Waals surface area contributed by atoms with Crippen molar-refractivity contribution in [3.63, 3.8) is 0 Å². The molecule has 2 aliphatic rings. The lowest BCUT2D eigenvalue weighted by Crippen LogP contribution is -2.48. The number of hydrogen-bond acceptors (Lipinski definition) is 5. The van der Waals surface area contributed by atoms with Crippen LogP contribution in [0, 0.1) is 0 Å². The van der Waals surface area contributed by atoms with E-state index in [2.05, 4.69) is 0 Å². The summed E-state index contributed by atoms with van der Waals surface area (Å²) in [6.07, 6.45) is 0.786. The minimum absolute atomic E-state index is 0.0426. The van der Waals surface area contributed by atoms with Gasteiger partial charge in [0.05, 0.1) is 17.1 Å². The van der Waals surface area contributed by atoms with Gasteiger partial charge in [-0.3, -0.25) is 9.59 Å². The van der Waals surface area contributed by atoms with Gasteiger partial charge in [-0.1, -0.05) is 0 Å². The minimum Gasteiger partial charge on any atom is -0.484 e. The Balaban J connectivity index is 2.04. The van der Waals surface area contributed by atoms with Gasteiger partial charge in [-0.25, -0.2) is 8.42 Å². The Morgan fingerprint density at radius 3 is 2.62 bits per heavy atom. The van der Waals surface area contributed by atoms with E-state index in [4.69, 9.17) is 4.74 Å². The van der Waals surface area contributed by atoms with E-state index in [0.29, 0.717) is 24.4 Å². The van der Waals surface area contributed by atoms with Crippen LogP contribution in [0.1, 0.15) is 33.6 Å². The first-order valence-corrected chi connectivity index (χ1v) is 9.83. The number of carboxylic acids is 1. The fourth-order valence-electron chi connectivity index (χ4n) is 3.44. The maximum Gasteiger partial charge on any atom is 0.322 e. The van der Waals surface area contributed by atoms with Crippen molar-refractivity contribution in [3.05, 3.63) is 18.2 Å². The Morgan fingerprint density at radius 1 is 1.31 bits per heavy atom. The fourth-order valence-corrected chi connectivity index (χ4v) is 5.11. The molecule has 1 N–H and O–H groups in total. The normalized spacial score (nSPS) is 22.6. The van der Waals surface area contributed by atoms with Gasteiger partial charge >= 0.3 is 5.97 Å². The predicted octanol–water partition coefficient (Wildman–Crippen LogP) is 1.45. The molecule has 8 nitrogen and oxygen atoms in total. The highest BCUT2D eigenvalue weighted by molar-refractivity contribution is 7.89. The van der Waals surface area contributed by atoms with Crippen molar-refractivity contribution >= 4 is 27.6 Å². The number of aliphatic carboxylic acids is 1. The minimum atomic E-state index is -3.99. The molecule has 1 amide bonds. The zero-order valence-electron chi connectivity index (χ0n) is 14.9. The van der Waals surface area contributed by atoms with E-state index in [9.17, 15) is 23.1 Å². The third-order valence-corrected chi connectivity index (χ3v) is 6.53. The molecule has 1 fully saturated rings. The van der Waals surface area contributed by atoms with E-state index in [1.165, 1.54) is 30.0 Å². The van der Waals surface area contributed by atoms with E-state index in [-0.39, 0.29) is 23.8 Å². The van der Waals surface area contributed by atoms with Gasteiger partial charge in [-0.2, -0.15) is 4.31 Å². The molecule has 0 saturated carbocycles. The van der Waals surface area contributed by atoms with Gasteiger partial charge < -0.3 is 14.7 Å². The number of fused-ring (bicyclic) bond motifs is 1. The van der Waals surface area contributed by atoms with Crippen molar-refractivity contribution in [2.45, 2.75) is 50.2 Å². The standard InChI is InChI=1S/C17H22N2O6S/c1-11(20)18-10-17(2,3)25-15-7-6-12(9-14(15)18)26(23,24)19-8-4-5-13(19)16(21)22/h6-7,9,13H,4-5,8,10H2,1-3H3,(H,21,22). The van der Waals surface area contributed by atoms with Crippen LogP contribution in [-0.4, -0.2) is 54.4 Å². The predicted molar refractivity (Wildman–Crippen MR) is 93.7 cm³/mol. The van der Waals surface area contributed by atoms with E-state index >= 15 is 0 Å². The van der Waals surface area contributed by atoms with Gasteiger partial charge in [0.15, 0.2) is 0 Å². The molecular formula is C17H22N2O6S. The van der Waals surface area contributed by atoms with Crippen molar-refractivity contribution in [3.8, 4) is 5.75 Å². The first kappa shape index (κ1) is 18.7. The molecule has 0 aliphatic carbocycles. The van der Waals surface area contributed by atoms with Crippen LogP contribution in [0.15, 0.2) is 23.1 Å². The number of hydrogen-bond donors (Lipinski definition) is 1. The van der Waals surface area contributed by atoms with Crippen molar-refractivity contribution in [1.82, 2.24) is 4.31 Å². The van der Waals surface area contributed by atoms with Gasteiger partial charge in [0, 0.05) is 13.5 Å². The van der Waals surface area contributed by atoms with Gasteiger partial charge in [-0.05, 0) is 44.9 Å². The van der Waals surface area contributed by atoms with Crippen LogP contribution >= 0.6 is 0 Å². The monoisotopic (exact) mass is 382 g/mol. The van der Waals surface area contributed by atoms with Gasteiger partial charge in [0.25, 0.3) is 0 Å². The number of benzene rings is 1. The van der Waals surface area contributed by atoms with Crippen molar-refractivity contribution in [1.29, 1.82) is 0 Å². The van der Waals surface area contributed by atoms with Gasteiger partial charge in [-0.15, -0.1) is 0 Å². The highest BCUT2D eigenvalue weighted by Crippen LogP contribution is 2.39. The van der Waals surface area contributed by atoms with E-state index in [1.807, 2.05) is 13.8 Å². The Bertz CT molecular complexity index is 864. The second-order valence-electron chi connectivity index (χ2n) is 7.21. The molecule has 1 aromatic carbocycles. The zero-order valence-corrected chi connectivity index (χ0v) is 15.7. The summed E-state index contributed by atoms with van der Waals surface area (Å²) in [6.45, 7) is 5.56. The molecule has 0 radical (unpaired) electrons. The van der Waals surface area contributed by atoms with Crippen LogP contribution in [0.2, 0.25) is 0 Å². The van der Waals surface area contributed by atoms with E-state index in [1.54, 1.807) is 0 Å². The maximum atomic E-state index is 13.0. The topological polar surface area (TPSA) is 104 Å². The van der Waals surface area contributed by atoms with Crippen LogP contribution in [0.25, 0.3) is 0 Å². The summed E-state index contributed by atoms with van der Waals surface area (Å²) in [5.74, 6) is -0.951. The molecule has 26 heavy (non-hydrogen) atoms. The number of nitrogens with zero attached hydrogens (tertiary/aromatic N) is 2. The fraction of sp³-hybridized carbons (Fsp3) is 0.529. The quantitative estimate of drug-likeness (QED) is 0.848. The van der Waals surface area contributed by atoms with Crippen LogP contribution in [0.4, 0.5) is 5.69 Å². The van der Waals surface area contributed by atoms with Crippen molar-refractivity contribution in [2.24, 2.45) is 0 Å². The van der Waals surface area contributed by atoms with Crippen LogP contribution in [-0.2, 0) is 19.6 Å². The lowest BCUT2D eigenvalue weighted by atomic mass is 10.1. The molecular weight excluding hydrogens is 360 g/mol. The van der Waals surface area contributed by atoms with Crippen molar-refractivity contribution in [2.75, 3.05) is 18.0 Å². The summed E-state index contributed by atoms with van der Waals surface area (Å²) in [6, 6.07) is 3.24. The zero-order chi connectivity index (χ0) is 19.3. The third-order valence-electron chi connectivity index (χ3n) is 4.62. The van der Waals surface area contributed by atoms with Crippen LogP contribution in [0.3, 0.4) is 0 Å². The average molecular weight is 382 g/mol. The molecule has 0 spiro atoms. The summed E-state index contributed by atoms with van der Waals surface area (Å²) in [5, 5.41) is 9.28. The summed E-state index contributed by atoms with van der Waals surface area (Å²) in [7, 11) is -3.99. The highest BCUT2D eigenvalue weighted by atomic mass is 32.2.